The van der Waals surface area contributed by atoms with Gasteiger partial charge in [0.05, 0.1) is 24.5 Å². The van der Waals surface area contributed by atoms with Crippen LogP contribution in [0.15, 0.2) is 55.0 Å². The molecule has 0 aliphatic heterocycles. The lowest BCUT2D eigenvalue weighted by molar-refractivity contribution is 0.296. The van der Waals surface area contributed by atoms with Gasteiger partial charge in [0, 0.05) is 36.5 Å². The van der Waals surface area contributed by atoms with Crippen molar-refractivity contribution in [2.45, 2.75) is 6.61 Å². The van der Waals surface area contributed by atoms with Crippen molar-refractivity contribution in [3.8, 4) is 22.8 Å². The van der Waals surface area contributed by atoms with Crippen LogP contribution in [0.25, 0.3) is 27.8 Å². The van der Waals surface area contributed by atoms with Crippen LogP contribution in [0.2, 0.25) is 0 Å². The second-order valence-electron chi connectivity index (χ2n) is 6.49. The molecule has 29 heavy (non-hydrogen) atoms. The minimum Gasteiger partial charge on any atom is -0.497 e. The Labute approximate surface area is 165 Å². The first-order valence-electron chi connectivity index (χ1n) is 8.97. The van der Waals surface area contributed by atoms with E-state index in [-0.39, 0.29) is 6.61 Å². The first kappa shape index (κ1) is 17.1. The second kappa shape index (κ2) is 6.86. The van der Waals surface area contributed by atoms with Crippen LogP contribution in [-0.4, -0.2) is 41.7 Å². The van der Waals surface area contributed by atoms with Gasteiger partial charge in [0.15, 0.2) is 11.5 Å². The van der Waals surface area contributed by atoms with Crippen LogP contribution >= 0.6 is 0 Å². The van der Waals surface area contributed by atoms with Gasteiger partial charge in [0.25, 0.3) is 0 Å². The van der Waals surface area contributed by atoms with Gasteiger partial charge in [-0.3, -0.25) is 9.67 Å². The number of methoxy groups -OCH3 is 1. The van der Waals surface area contributed by atoms with Crippen LogP contribution in [0.1, 0.15) is 5.82 Å². The zero-order chi connectivity index (χ0) is 19.8. The molecule has 0 fully saturated rings. The largest absolute Gasteiger partial charge is 0.497 e. The van der Waals surface area contributed by atoms with Crippen molar-refractivity contribution in [1.29, 1.82) is 0 Å². The van der Waals surface area contributed by atoms with Gasteiger partial charge >= 0.3 is 0 Å². The number of fused-ring (bicyclic) bond motifs is 2. The average Bonchev–Trinajstić information content (AvgIpc) is 3.37. The predicted octanol–water partition coefficient (Wildman–Crippen LogP) is 2.66. The van der Waals surface area contributed by atoms with Crippen LogP contribution in [0.4, 0.5) is 0 Å². The molecule has 5 aromatic rings. The van der Waals surface area contributed by atoms with Crippen molar-refractivity contribution in [1.82, 2.24) is 34.6 Å². The Kier molecular flexibility index (Phi) is 4.05. The molecular formula is C20H17N7O2. The van der Waals surface area contributed by atoms with Gasteiger partial charge in [0.2, 0.25) is 0 Å². The van der Waals surface area contributed by atoms with Crippen molar-refractivity contribution in [3.05, 3.63) is 60.8 Å². The first-order chi connectivity index (χ1) is 14.2. The zero-order valence-electron chi connectivity index (χ0n) is 15.9. The van der Waals surface area contributed by atoms with Crippen molar-refractivity contribution < 1.29 is 9.47 Å². The summed E-state index contributed by atoms with van der Waals surface area (Å²) in [5.41, 5.74) is 3.16. The summed E-state index contributed by atoms with van der Waals surface area (Å²) in [4.78, 5) is 4.38. The fourth-order valence-electron chi connectivity index (χ4n) is 3.13. The number of aryl methyl sites for hydroxylation is 1. The Bertz CT molecular complexity index is 1330. The van der Waals surface area contributed by atoms with E-state index in [9.17, 15) is 0 Å². The molecule has 0 unspecified atom stereocenters. The lowest BCUT2D eigenvalue weighted by Crippen LogP contribution is -2.05. The van der Waals surface area contributed by atoms with Crippen LogP contribution in [0.5, 0.6) is 11.5 Å². The molecule has 0 aliphatic rings. The summed E-state index contributed by atoms with van der Waals surface area (Å²) in [7, 11) is 3.50. The SMILES string of the molecule is COc1ccc2c(OCc3nnc4ccc(-c5cnn(C)c5)nn34)ccnc2c1. The molecule has 0 bridgehead atoms. The molecule has 0 radical (unpaired) electrons. The smallest absolute Gasteiger partial charge is 0.192 e. The fraction of sp³-hybridized carbons (Fsp3) is 0.150. The first-order valence-corrected chi connectivity index (χ1v) is 8.97. The Hall–Kier alpha value is -4.01. The van der Waals surface area contributed by atoms with Crippen molar-refractivity contribution in [2.75, 3.05) is 7.11 Å². The lowest BCUT2D eigenvalue weighted by Gasteiger charge is -2.09. The van der Waals surface area contributed by atoms with Crippen molar-refractivity contribution in [3.63, 3.8) is 0 Å². The third kappa shape index (κ3) is 3.12. The normalized spacial score (nSPS) is 11.2. The maximum absolute atomic E-state index is 6.03. The molecule has 0 aliphatic carbocycles. The molecule has 9 nitrogen and oxygen atoms in total. The van der Waals surface area contributed by atoms with E-state index in [4.69, 9.17) is 9.47 Å². The Balaban J connectivity index is 1.46. The predicted molar refractivity (Wildman–Crippen MR) is 106 cm³/mol. The third-order valence-corrected chi connectivity index (χ3v) is 4.59. The number of pyridine rings is 1. The Morgan fingerprint density at radius 1 is 1.07 bits per heavy atom. The maximum atomic E-state index is 6.03. The number of rotatable bonds is 5. The van der Waals surface area contributed by atoms with Crippen LogP contribution in [0, 0.1) is 0 Å². The summed E-state index contributed by atoms with van der Waals surface area (Å²) >= 11 is 0. The maximum Gasteiger partial charge on any atom is 0.192 e. The molecule has 4 aromatic heterocycles. The average molecular weight is 387 g/mol. The monoisotopic (exact) mass is 387 g/mol. The van der Waals surface area contributed by atoms with Crippen LogP contribution < -0.4 is 9.47 Å². The summed E-state index contributed by atoms with van der Waals surface area (Å²) < 4.78 is 14.7. The Morgan fingerprint density at radius 3 is 2.83 bits per heavy atom. The molecule has 0 spiro atoms. The zero-order valence-corrected chi connectivity index (χ0v) is 15.9. The van der Waals surface area contributed by atoms with Gasteiger partial charge < -0.3 is 9.47 Å². The molecule has 4 heterocycles. The van der Waals surface area contributed by atoms with Gasteiger partial charge in [0.1, 0.15) is 18.1 Å². The van der Waals surface area contributed by atoms with Gasteiger partial charge in [-0.25, -0.2) is 0 Å². The highest BCUT2D eigenvalue weighted by Crippen LogP contribution is 2.27. The molecule has 144 valence electrons. The van der Waals surface area contributed by atoms with Crippen molar-refractivity contribution >= 4 is 16.6 Å². The summed E-state index contributed by atoms with van der Waals surface area (Å²) in [6, 6.07) is 11.3. The third-order valence-electron chi connectivity index (χ3n) is 4.59. The lowest BCUT2D eigenvalue weighted by atomic mass is 10.2. The van der Waals surface area contributed by atoms with E-state index >= 15 is 0 Å². The van der Waals surface area contributed by atoms with E-state index in [1.54, 1.807) is 28.7 Å². The molecule has 0 saturated heterocycles. The number of aromatic nitrogens is 7. The number of ether oxygens (including phenoxy) is 2. The van der Waals surface area contributed by atoms with E-state index in [0.29, 0.717) is 17.2 Å². The van der Waals surface area contributed by atoms with E-state index in [1.807, 2.05) is 49.6 Å². The molecule has 9 heteroatoms. The molecule has 0 atom stereocenters. The van der Waals surface area contributed by atoms with Crippen LogP contribution in [-0.2, 0) is 13.7 Å². The highest BCUT2D eigenvalue weighted by Gasteiger charge is 2.12. The minimum absolute atomic E-state index is 0.218. The molecule has 0 amide bonds. The summed E-state index contributed by atoms with van der Waals surface area (Å²) in [5.74, 6) is 2.06. The van der Waals surface area contributed by atoms with E-state index in [1.165, 1.54) is 0 Å². The molecule has 0 saturated carbocycles. The van der Waals surface area contributed by atoms with Crippen molar-refractivity contribution in [2.24, 2.45) is 7.05 Å². The number of benzene rings is 1. The highest BCUT2D eigenvalue weighted by atomic mass is 16.5. The van der Waals surface area contributed by atoms with E-state index in [0.717, 1.165) is 27.9 Å². The summed E-state index contributed by atoms with van der Waals surface area (Å²) in [6.07, 6.45) is 5.38. The van der Waals surface area contributed by atoms with Crippen LogP contribution in [0.3, 0.4) is 0 Å². The van der Waals surface area contributed by atoms with Gasteiger partial charge in [-0.2, -0.15) is 14.7 Å². The van der Waals surface area contributed by atoms with Gasteiger partial charge in [-0.15, -0.1) is 10.2 Å². The Morgan fingerprint density at radius 2 is 2.00 bits per heavy atom. The number of hydrogen-bond acceptors (Lipinski definition) is 7. The summed E-state index contributed by atoms with van der Waals surface area (Å²) in [6.45, 7) is 0.218. The standard InChI is InChI=1S/C20H17N7O2/c1-26-11-13(10-22-26)16-5-6-19-23-24-20(27(19)25-16)12-29-18-7-8-21-17-9-14(28-2)3-4-15(17)18/h3-11H,12H2,1-2H3. The topological polar surface area (TPSA) is 92.2 Å². The molecule has 5 rings (SSSR count). The van der Waals surface area contributed by atoms with Gasteiger partial charge in [-0.1, -0.05) is 0 Å². The quantitative estimate of drug-likeness (QED) is 0.458. The second-order valence-corrected chi connectivity index (χ2v) is 6.49. The number of hydrogen-bond donors (Lipinski definition) is 0. The summed E-state index contributed by atoms with van der Waals surface area (Å²) in [5, 5.41) is 18.1. The van der Waals surface area contributed by atoms with E-state index < -0.39 is 0 Å². The fourth-order valence-corrected chi connectivity index (χ4v) is 3.13. The van der Waals surface area contributed by atoms with E-state index in [2.05, 4.69) is 25.4 Å². The molecule has 0 N–H and O–H groups in total. The van der Waals surface area contributed by atoms with Gasteiger partial charge in [-0.05, 0) is 30.3 Å². The molecular weight excluding hydrogens is 370 g/mol. The highest BCUT2D eigenvalue weighted by molar-refractivity contribution is 5.85. The minimum atomic E-state index is 0.218. The molecule has 1 aromatic carbocycles. The number of nitrogens with zero attached hydrogens (tertiary/aromatic N) is 7.